The molecule has 0 spiro atoms. The molecule has 0 bridgehead atoms. The molecule has 20 heavy (non-hydrogen) atoms. The fourth-order valence-electron chi connectivity index (χ4n) is 2.22. The summed E-state index contributed by atoms with van der Waals surface area (Å²) in [5, 5.41) is 3.02. The highest BCUT2D eigenvalue weighted by Gasteiger charge is 2.26. The number of nitrogens with zero attached hydrogens (tertiary/aromatic N) is 2. The van der Waals surface area contributed by atoms with Crippen LogP contribution in [-0.2, 0) is 23.6 Å². The summed E-state index contributed by atoms with van der Waals surface area (Å²) in [7, 11) is 2.33. The first-order valence-electron chi connectivity index (χ1n) is 6.94. The second-order valence-electron chi connectivity index (χ2n) is 5.42. The van der Waals surface area contributed by atoms with Gasteiger partial charge >= 0.3 is 0 Å². The molecule has 0 aromatic carbocycles. The molecule has 1 saturated carbocycles. The molecule has 1 aliphatic rings. The average Bonchev–Trinajstić information content (AvgIpc) is 3.15. The summed E-state index contributed by atoms with van der Waals surface area (Å²) >= 11 is 0. The van der Waals surface area contributed by atoms with E-state index >= 15 is 0 Å². The van der Waals surface area contributed by atoms with Crippen molar-refractivity contribution in [2.45, 2.75) is 30.3 Å². The molecule has 1 heterocycles. The molecule has 0 aliphatic heterocycles. The van der Waals surface area contributed by atoms with E-state index in [0.717, 1.165) is 12.2 Å². The van der Waals surface area contributed by atoms with Gasteiger partial charge in [0.25, 0.3) is 0 Å². The van der Waals surface area contributed by atoms with Crippen LogP contribution in [0.25, 0.3) is 0 Å². The number of nitrogens with one attached hydrogen (secondary N) is 2. The maximum Gasteiger partial charge on any atom is 0.242 e. The largest absolute Gasteiger partial charge is 0.352 e. The van der Waals surface area contributed by atoms with E-state index < -0.39 is 10.0 Å². The molecule has 2 rings (SSSR count). The van der Waals surface area contributed by atoms with Crippen LogP contribution in [0.15, 0.2) is 17.2 Å². The van der Waals surface area contributed by atoms with Gasteiger partial charge in [-0.2, -0.15) is 0 Å². The summed E-state index contributed by atoms with van der Waals surface area (Å²) < 4.78 is 28.9. The number of rotatable bonds is 8. The Bertz CT molecular complexity index is 549. The molecule has 2 N–H and O–H groups in total. The summed E-state index contributed by atoms with van der Waals surface area (Å²) in [4.78, 5) is 2.54. The lowest BCUT2D eigenvalue weighted by molar-refractivity contribution is 0.329. The van der Waals surface area contributed by atoms with Gasteiger partial charge in [-0.05, 0) is 33.0 Å². The van der Waals surface area contributed by atoms with Crippen molar-refractivity contribution in [2.24, 2.45) is 7.05 Å². The number of likely N-dealkylation sites (N-methyl/N-ethyl adjacent to an activating group) is 1. The molecule has 0 unspecified atom stereocenters. The van der Waals surface area contributed by atoms with Crippen molar-refractivity contribution in [1.29, 1.82) is 0 Å². The van der Waals surface area contributed by atoms with Crippen LogP contribution in [0.1, 0.15) is 18.5 Å². The standard InChI is InChI=1S/C13H24N4O2S/c1-14-9-12-8-13(10-17(12)3)20(18,19)15-6-7-16(2)11-4-5-11/h8,10-11,14-15H,4-7,9H2,1-3H3. The summed E-state index contributed by atoms with van der Waals surface area (Å²) in [6.45, 7) is 1.85. The molecule has 0 saturated heterocycles. The van der Waals surface area contributed by atoms with E-state index in [1.54, 1.807) is 12.3 Å². The van der Waals surface area contributed by atoms with Gasteiger partial charge in [-0.1, -0.05) is 0 Å². The third-order valence-corrected chi connectivity index (χ3v) is 5.11. The topological polar surface area (TPSA) is 66.4 Å². The van der Waals surface area contributed by atoms with Crippen LogP contribution in [0.2, 0.25) is 0 Å². The molecule has 7 heteroatoms. The van der Waals surface area contributed by atoms with E-state index in [-0.39, 0.29) is 0 Å². The van der Waals surface area contributed by atoms with Gasteiger partial charge in [0.15, 0.2) is 0 Å². The number of hydrogen-bond acceptors (Lipinski definition) is 4. The van der Waals surface area contributed by atoms with Gasteiger partial charge in [0, 0.05) is 44.6 Å². The highest BCUT2D eigenvalue weighted by atomic mass is 32.2. The Hall–Kier alpha value is -0.890. The predicted octanol–water partition coefficient (Wildman–Crippen LogP) is 0.117. The Kier molecular flexibility index (Phi) is 4.85. The summed E-state index contributed by atoms with van der Waals surface area (Å²) in [6.07, 6.45) is 4.12. The van der Waals surface area contributed by atoms with Crippen molar-refractivity contribution in [1.82, 2.24) is 19.5 Å². The highest BCUT2D eigenvalue weighted by Crippen LogP contribution is 2.24. The van der Waals surface area contributed by atoms with Gasteiger partial charge in [0.1, 0.15) is 0 Å². The Morgan fingerprint density at radius 1 is 1.45 bits per heavy atom. The van der Waals surface area contributed by atoms with E-state index in [0.29, 0.717) is 24.0 Å². The second kappa shape index (κ2) is 6.26. The quantitative estimate of drug-likeness (QED) is 0.715. The van der Waals surface area contributed by atoms with Crippen molar-refractivity contribution in [3.05, 3.63) is 18.0 Å². The zero-order valence-corrected chi connectivity index (χ0v) is 13.2. The fourth-order valence-corrected chi connectivity index (χ4v) is 3.33. The van der Waals surface area contributed by atoms with E-state index in [9.17, 15) is 8.42 Å². The number of aromatic nitrogens is 1. The third-order valence-electron chi connectivity index (χ3n) is 3.68. The molecular formula is C13H24N4O2S. The lowest BCUT2D eigenvalue weighted by Gasteiger charge is -2.15. The van der Waals surface area contributed by atoms with Crippen molar-refractivity contribution >= 4 is 10.0 Å². The molecule has 1 aromatic rings. The molecular weight excluding hydrogens is 276 g/mol. The number of hydrogen-bond donors (Lipinski definition) is 2. The van der Waals surface area contributed by atoms with Crippen LogP contribution in [0.3, 0.4) is 0 Å². The molecule has 1 fully saturated rings. The first kappa shape index (κ1) is 15.5. The SMILES string of the molecule is CNCc1cc(S(=O)(=O)NCCN(C)C2CC2)cn1C. The van der Waals surface area contributed by atoms with E-state index in [4.69, 9.17) is 0 Å². The van der Waals surface area contributed by atoms with Gasteiger partial charge in [-0.15, -0.1) is 0 Å². The molecule has 6 nitrogen and oxygen atoms in total. The van der Waals surface area contributed by atoms with Crippen LogP contribution in [0.5, 0.6) is 0 Å². The van der Waals surface area contributed by atoms with Gasteiger partial charge in [-0.3, -0.25) is 0 Å². The molecule has 0 amide bonds. The van der Waals surface area contributed by atoms with Crippen LogP contribution >= 0.6 is 0 Å². The lowest BCUT2D eigenvalue weighted by atomic mass is 10.4. The second-order valence-corrected chi connectivity index (χ2v) is 7.18. The van der Waals surface area contributed by atoms with Gasteiger partial charge in [0.05, 0.1) is 4.90 Å². The van der Waals surface area contributed by atoms with Crippen LogP contribution in [0, 0.1) is 0 Å². The summed E-state index contributed by atoms with van der Waals surface area (Å²) in [5.41, 5.74) is 0.947. The molecule has 0 atom stereocenters. The average molecular weight is 300 g/mol. The van der Waals surface area contributed by atoms with Crippen molar-refractivity contribution < 1.29 is 8.42 Å². The minimum absolute atomic E-state index is 0.333. The van der Waals surface area contributed by atoms with E-state index in [2.05, 4.69) is 14.9 Å². The minimum Gasteiger partial charge on any atom is -0.352 e. The smallest absolute Gasteiger partial charge is 0.242 e. The summed E-state index contributed by atoms with van der Waals surface area (Å²) in [6, 6.07) is 2.36. The first-order valence-corrected chi connectivity index (χ1v) is 8.42. The number of sulfonamides is 1. The molecule has 0 radical (unpaired) electrons. The van der Waals surface area contributed by atoms with Crippen molar-refractivity contribution in [3.63, 3.8) is 0 Å². The van der Waals surface area contributed by atoms with Gasteiger partial charge in [-0.25, -0.2) is 13.1 Å². The Morgan fingerprint density at radius 2 is 2.15 bits per heavy atom. The molecule has 1 aliphatic carbocycles. The highest BCUT2D eigenvalue weighted by molar-refractivity contribution is 7.89. The minimum atomic E-state index is -3.41. The maximum absolute atomic E-state index is 12.2. The fraction of sp³-hybridized carbons (Fsp3) is 0.692. The van der Waals surface area contributed by atoms with Crippen molar-refractivity contribution in [3.8, 4) is 0 Å². The summed E-state index contributed by atoms with van der Waals surface area (Å²) in [5.74, 6) is 0. The van der Waals surface area contributed by atoms with E-state index in [1.165, 1.54) is 12.8 Å². The van der Waals surface area contributed by atoms with Gasteiger partial charge in [0.2, 0.25) is 10.0 Å². The Morgan fingerprint density at radius 3 is 2.75 bits per heavy atom. The van der Waals surface area contributed by atoms with Crippen LogP contribution in [0.4, 0.5) is 0 Å². The van der Waals surface area contributed by atoms with E-state index in [1.807, 2.05) is 25.7 Å². The monoisotopic (exact) mass is 300 g/mol. The Labute approximate surface area is 121 Å². The zero-order chi connectivity index (χ0) is 14.8. The molecule has 114 valence electrons. The third kappa shape index (κ3) is 3.82. The van der Waals surface area contributed by atoms with Gasteiger partial charge < -0.3 is 14.8 Å². The predicted molar refractivity (Wildman–Crippen MR) is 79.0 cm³/mol. The Balaban J connectivity index is 1.93. The number of aryl methyl sites for hydroxylation is 1. The van der Waals surface area contributed by atoms with Crippen molar-refractivity contribution in [2.75, 3.05) is 27.2 Å². The lowest BCUT2D eigenvalue weighted by Crippen LogP contribution is -2.33. The maximum atomic E-state index is 12.2. The zero-order valence-electron chi connectivity index (χ0n) is 12.4. The van der Waals surface area contributed by atoms with Crippen LogP contribution < -0.4 is 10.0 Å². The molecule has 1 aromatic heterocycles. The van der Waals surface area contributed by atoms with Crippen LogP contribution in [-0.4, -0.2) is 51.1 Å². The first-order chi connectivity index (χ1) is 9.44. The normalized spacial score (nSPS) is 16.0.